The van der Waals surface area contributed by atoms with E-state index in [0.29, 0.717) is 0 Å². The summed E-state index contributed by atoms with van der Waals surface area (Å²) in [5.41, 5.74) is 1.52. The van der Waals surface area contributed by atoms with Gasteiger partial charge >= 0.3 is 0 Å². The van der Waals surface area contributed by atoms with Gasteiger partial charge < -0.3 is 15.5 Å². The van der Waals surface area contributed by atoms with Crippen LogP contribution in [0.3, 0.4) is 0 Å². The lowest BCUT2D eigenvalue weighted by molar-refractivity contribution is 0.393. The van der Waals surface area contributed by atoms with Gasteiger partial charge in [-0.05, 0) is 51.3 Å². The van der Waals surface area contributed by atoms with Crippen LogP contribution in [0.2, 0.25) is 0 Å². The second kappa shape index (κ2) is 11.8. The van der Waals surface area contributed by atoms with E-state index in [4.69, 9.17) is 4.99 Å². The van der Waals surface area contributed by atoms with Gasteiger partial charge in [0.05, 0.1) is 6.54 Å². The van der Waals surface area contributed by atoms with Crippen molar-refractivity contribution in [1.82, 2.24) is 15.5 Å². The molecular weight excluding hydrogens is 435 g/mol. The lowest BCUT2D eigenvalue weighted by Crippen LogP contribution is -2.41. The van der Waals surface area contributed by atoms with Crippen LogP contribution in [0.4, 0.5) is 0 Å². The highest BCUT2D eigenvalue weighted by Gasteiger charge is 2.28. The average molecular weight is 472 g/mol. The number of hydrogen-bond donors (Lipinski definition) is 2. The fourth-order valence-electron chi connectivity index (χ4n) is 3.77. The number of likely N-dealkylation sites (tertiary alicyclic amines) is 1. The molecule has 0 aliphatic carbocycles. The van der Waals surface area contributed by atoms with Crippen molar-refractivity contribution in [1.29, 1.82) is 0 Å². The molecule has 2 N–H and O–H groups in total. The summed E-state index contributed by atoms with van der Waals surface area (Å²) in [7, 11) is 2.20. The van der Waals surface area contributed by atoms with Crippen molar-refractivity contribution in [3.63, 3.8) is 0 Å². The Bertz CT molecular complexity index is 528. The minimum absolute atomic E-state index is 0. The summed E-state index contributed by atoms with van der Waals surface area (Å²) in [6, 6.07) is 10.9. The van der Waals surface area contributed by atoms with Gasteiger partial charge in [0.25, 0.3) is 0 Å². The first-order valence-electron chi connectivity index (χ1n) is 9.89. The average Bonchev–Trinajstić information content (AvgIpc) is 3.07. The summed E-state index contributed by atoms with van der Waals surface area (Å²) in [6.45, 7) is 11.8. The largest absolute Gasteiger partial charge is 0.357 e. The molecule has 0 bridgehead atoms. The van der Waals surface area contributed by atoms with Gasteiger partial charge in [0, 0.05) is 25.0 Å². The molecule has 148 valence electrons. The van der Waals surface area contributed by atoms with Crippen molar-refractivity contribution in [3.05, 3.63) is 35.9 Å². The second-order valence-electron chi connectivity index (χ2n) is 7.35. The summed E-state index contributed by atoms with van der Waals surface area (Å²) < 4.78 is 0. The lowest BCUT2D eigenvalue weighted by Gasteiger charge is -2.31. The zero-order valence-electron chi connectivity index (χ0n) is 16.9. The Morgan fingerprint density at radius 3 is 2.38 bits per heavy atom. The topological polar surface area (TPSA) is 39.7 Å². The van der Waals surface area contributed by atoms with Crippen LogP contribution in [0.5, 0.6) is 0 Å². The normalized spacial score (nSPS) is 18.5. The number of nitrogens with one attached hydrogen (secondary N) is 2. The first kappa shape index (κ1) is 23.2. The van der Waals surface area contributed by atoms with E-state index < -0.39 is 0 Å². The Labute approximate surface area is 177 Å². The van der Waals surface area contributed by atoms with Gasteiger partial charge in [-0.2, -0.15) is 0 Å². The van der Waals surface area contributed by atoms with Gasteiger partial charge in [-0.3, -0.25) is 4.99 Å². The molecule has 1 aliphatic rings. The molecule has 1 fully saturated rings. The highest BCUT2D eigenvalue weighted by Crippen LogP contribution is 2.31. The van der Waals surface area contributed by atoms with E-state index in [1.807, 2.05) is 0 Å². The van der Waals surface area contributed by atoms with Crippen LogP contribution in [0.25, 0.3) is 0 Å². The van der Waals surface area contributed by atoms with Crippen LogP contribution in [0.1, 0.15) is 45.6 Å². The Kier molecular flexibility index (Phi) is 10.5. The number of benzene rings is 1. The fraction of sp³-hybridized carbons (Fsp3) is 0.667. The fourth-order valence-corrected chi connectivity index (χ4v) is 3.77. The molecule has 1 aromatic carbocycles. The van der Waals surface area contributed by atoms with Crippen LogP contribution in [0, 0.1) is 5.92 Å². The molecule has 26 heavy (non-hydrogen) atoms. The Morgan fingerprint density at radius 2 is 1.85 bits per heavy atom. The van der Waals surface area contributed by atoms with Gasteiger partial charge in [-0.1, -0.05) is 44.2 Å². The van der Waals surface area contributed by atoms with Crippen LogP contribution >= 0.6 is 24.0 Å². The predicted octanol–water partition coefficient (Wildman–Crippen LogP) is 3.87. The molecule has 0 aromatic heterocycles. The number of halogens is 1. The van der Waals surface area contributed by atoms with E-state index in [0.717, 1.165) is 44.4 Å². The summed E-state index contributed by atoms with van der Waals surface area (Å²) in [5.74, 6) is 1.68. The van der Waals surface area contributed by atoms with E-state index in [1.54, 1.807) is 0 Å². The minimum atomic E-state index is 0. The van der Waals surface area contributed by atoms with Crippen LogP contribution < -0.4 is 10.6 Å². The van der Waals surface area contributed by atoms with Crippen molar-refractivity contribution in [2.75, 3.05) is 39.8 Å². The van der Waals surface area contributed by atoms with Crippen molar-refractivity contribution in [3.8, 4) is 0 Å². The Balaban J connectivity index is 0.00000338. The molecule has 1 unspecified atom stereocenters. The lowest BCUT2D eigenvalue weighted by atomic mass is 9.76. The molecule has 4 nitrogen and oxygen atoms in total. The highest BCUT2D eigenvalue weighted by atomic mass is 127. The number of rotatable bonds is 8. The van der Waals surface area contributed by atoms with E-state index >= 15 is 0 Å². The maximum absolute atomic E-state index is 4.96. The summed E-state index contributed by atoms with van der Waals surface area (Å²) in [5, 5.41) is 6.98. The molecule has 1 saturated heterocycles. The summed E-state index contributed by atoms with van der Waals surface area (Å²) in [4.78, 5) is 7.37. The third kappa shape index (κ3) is 6.41. The smallest absolute Gasteiger partial charge is 0.191 e. The van der Waals surface area contributed by atoms with E-state index in [9.17, 15) is 0 Å². The molecule has 1 aliphatic heterocycles. The second-order valence-corrected chi connectivity index (χ2v) is 7.35. The molecule has 1 atom stereocenters. The molecule has 2 rings (SSSR count). The van der Waals surface area contributed by atoms with Gasteiger partial charge in [-0.25, -0.2) is 0 Å². The monoisotopic (exact) mass is 472 g/mol. The molecule has 5 heteroatoms. The van der Waals surface area contributed by atoms with Crippen LogP contribution in [0.15, 0.2) is 35.3 Å². The third-order valence-electron chi connectivity index (χ3n) is 5.67. The van der Waals surface area contributed by atoms with E-state index in [2.05, 4.69) is 73.7 Å². The number of guanidine groups is 1. The van der Waals surface area contributed by atoms with Crippen molar-refractivity contribution in [2.24, 2.45) is 10.9 Å². The quantitative estimate of drug-likeness (QED) is 0.343. The standard InChI is InChI=1S/C21H36N4.HI/c1-5-21(6-2,19-11-9-8-10-12-19)17-24-20(22-7-3)23-15-18-13-14-25(4)16-18;/h8-12,18H,5-7,13-17H2,1-4H3,(H2,22,23,24);1H. The van der Waals surface area contributed by atoms with Crippen molar-refractivity contribution in [2.45, 2.75) is 45.4 Å². The van der Waals surface area contributed by atoms with Gasteiger partial charge in [0.2, 0.25) is 0 Å². The highest BCUT2D eigenvalue weighted by molar-refractivity contribution is 14.0. The van der Waals surface area contributed by atoms with E-state index in [-0.39, 0.29) is 29.4 Å². The first-order chi connectivity index (χ1) is 12.1. The first-order valence-corrected chi connectivity index (χ1v) is 9.89. The third-order valence-corrected chi connectivity index (χ3v) is 5.67. The maximum atomic E-state index is 4.96. The maximum Gasteiger partial charge on any atom is 0.191 e. The molecular formula is C21H37IN4. The zero-order valence-corrected chi connectivity index (χ0v) is 19.3. The molecule has 1 aromatic rings. The van der Waals surface area contributed by atoms with Crippen molar-refractivity contribution < 1.29 is 0 Å². The van der Waals surface area contributed by atoms with Gasteiger partial charge in [0.1, 0.15) is 0 Å². The van der Waals surface area contributed by atoms with Crippen LogP contribution in [-0.2, 0) is 5.41 Å². The summed E-state index contributed by atoms with van der Waals surface area (Å²) in [6.07, 6.45) is 3.48. The Hall–Kier alpha value is -0.820. The molecule has 0 spiro atoms. The number of aliphatic imine (C=N–C) groups is 1. The van der Waals surface area contributed by atoms with Gasteiger partial charge in [0.15, 0.2) is 5.96 Å². The number of nitrogens with zero attached hydrogens (tertiary/aromatic N) is 2. The zero-order chi connectivity index (χ0) is 18.1. The Morgan fingerprint density at radius 1 is 1.15 bits per heavy atom. The SMILES string of the molecule is CCNC(=NCC(CC)(CC)c1ccccc1)NCC1CCN(C)C1.I. The van der Waals surface area contributed by atoms with E-state index in [1.165, 1.54) is 25.1 Å². The van der Waals surface area contributed by atoms with Gasteiger partial charge in [-0.15, -0.1) is 24.0 Å². The minimum Gasteiger partial charge on any atom is -0.357 e. The number of hydrogen-bond acceptors (Lipinski definition) is 2. The van der Waals surface area contributed by atoms with Crippen LogP contribution in [-0.4, -0.2) is 50.6 Å². The molecule has 0 saturated carbocycles. The molecule has 1 heterocycles. The predicted molar refractivity (Wildman–Crippen MR) is 124 cm³/mol. The van der Waals surface area contributed by atoms with Crippen molar-refractivity contribution >= 4 is 29.9 Å². The molecule has 0 radical (unpaired) electrons. The molecule has 0 amide bonds. The summed E-state index contributed by atoms with van der Waals surface area (Å²) >= 11 is 0.